The summed E-state index contributed by atoms with van der Waals surface area (Å²) in [4.78, 5) is 85.0. The largest absolute Gasteiger partial charge is 0.509 e. The van der Waals surface area contributed by atoms with Crippen molar-refractivity contribution in [2.45, 2.75) is 107 Å². The Bertz CT molecular complexity index is 2130. The topological polar surface area (TPSA) is 212 Å². The normalized spacial score (nSPS) is 34.5. The predicted molar refractivity (Wildman–Crippen MR) is 215 cm³/mol. The molecule has 62 heavy (non-hydrogen) atoms. The highest BCUT2D eigenvalue weighted by molar-refractivity contribution is 5.91. The number of methoxy groups -OCH3 is 2. The molecule has 2 amide bonds. The number of fused-ring (bicyclic) bond motifs is 4. The van der Waals surface area contributed by atoms with E-state index in [1.165, 1.54) is 40.1 Å². The van der Waals surface area contributed by atoms with Crippen LogP contribution in [-0.4, -0.2) is 135 Å². The molecule has 2 saturated heterocycles. The first-order chi connectivity index (χ1) is 29.3. The molecule has 2 aliphatic heterocycles. The average molecular weight is 863 g/mol. The summed E-state index contributed by atoms with van der Waals surface area (Å²) in [6.45, 7) is 7.60. The number of ether oxygens (including phenoxy) is 8. The van der Waals surface area contributed by atoms with Gasteiger partial charge in [0.2, 0.25) is 0 Å². The van der Waals surface area contributed by atoms with Gasteiger partial charge in [-0.3, -0.25) is 9.59 Å². The third kappa shape index (κ3) is 6.71. The van der Waals surface area contributed by atoms with Gasteiger partial charge in [-0.15, -0.1) is 0 Å². The standard InChI is InChI=1S/C45H54N2O15/c1-23-31-36(56-9)33(50)30-27(55-8)20-29-44(22-57-29,60-24(2)49)37(30)43(5,61-28(21-48)25-16-12-10-13-17-25)45(42(31,3)4)38(59-41(54)62-45)35(23)58-39(52)34(51)32(46-40(53)47(6)7)26-18-14-11-15-19-26/h10-19,21,27-30,32,34-38,51H,20,22H2,1-9H3,(H,46,53)/t27-,28?,29+,30?,32-,34+,35+,36+,37+,38-,43+,44-,45-/m0/s1. The molecular formula is C45H54N2O15. The summed E-state index contributed by atoms with van der Waals surface area (Å²) >= 11 is 0. The van der Waals surface area contributed by atoms with E-state index in [2.05, 4.69) is 5.32 Å². The lowest BCUT2D eigenvalue weighted by Gasteiger charge is -2.69. The van der Waals surface area contributed by atoms with E-state index in [0.29, 0.717) is 17.4 Å². The summed E-state index contributed by atoms with van der Waals surface area (Å²) in [5.74, 6) is -4.99. The van der Waals surface area contributed by atoms with Crippen molar-refractivity contribution >= 4 is 36.2 Å². The smallest absolute Gasteiger partial charge is 0.454 e. The summed E-state index contributed by atoms with van der Waals surface area (Å²) in [5, 5.41) is 14.5. The first kappa shape index (κ1) is 44.8. The number of aliphatic hydroxyl groups is 1. The molecule has 4 fully saturated rings. The van der Waals surface area contributed by atoms with Crippen LogP contribution in [0.5, 0.6) is 0 Å². The minimum atomic E-state index is -2.17. The zero-order valence-electron chi connectivity index (χ0n) is 36.1. The molecule has 0 aromatic heterocycles. The van der Waals surface area contributed by atoms with E-state index in [-0.39, 0.29) is 24.2 Å². The summed E-state index contributed by atoms with van der Waals surface area (Å²) in [5.41, 5.74) is -6.19. The van der Waals surface area contributed by atoms with Crippen LogP contribution in [-0.2, 0) is 57.1 Å². The number of aldehydes is 1. The SMILES string of the molecule is CO[C@H]1C(=O)C2[C@@H](OC)C[C@H]3OC[C@@]3(OC(C)=O)[C@H]2[C@@](C)(OC(C=O)c2ccccc2)[C@]23OC(=O)O[C@H]2[C@H](OC(=O)[C@H](O)[C@@H](NC(=O)N(C)C)c2ccccc2)C(C)=C1C3(C)C. The second-order valence-electron chi connectivity index (χ2n) is 17.5. The van der Waals surface area contributed by atoms with Crippen LogP contribution >= 0.6 is 0 Å². The number of urea groups is 1. The minimum absolute atomic E-state index is 0.109. The van der Waals surface area contributed by atoms with Crippen molar-refractivity contribution in [2.24, 2.45) is 17.3 Å². The van der Waals surface area contributed by atoms with Gasteiger partial charge in [0.1, 0.15) is 23.9 Å². The van der Waals surface area contributed by atoms with Crippen LogP contribution in [0.1, 0.15) is 64.3 Å². The van der Waals surface area contributed by atoms with Gasteiger partial charge < -0.3 is 58.0 Å². The number of hydrogen-bond acceptors (Lipinski definition) is 15. The molecule has 5 aliphatic rings. The molecule has 2 heterocycles. The van der Waals surface area contributed by atoms with Crippen LogP contribution in [0.2, 0.25) is 0 Å². The average Bonchev–Trinajstić information content (AvgIpc) is 3.62. The minimum Gasteiger partial charge on any atom is -0.454 e. The van der Waals surface area contributed by atoms with Crippen molar-refractivity contribution in [1.82, 2.24) is 10.2 Å². The molecule has 3 aliphatic carbocycles. The first-order valence-corrected chi connectivity index (χ1v) is 20.5. The van der Waals surface area contributed by atoms with Crippen LogP contribution in [0.15, 0.2) is 71.8 Å². The van der Waals surface area contributed by atoms with Gasteiger partial charge in [0.15, 0.2) is 41.6 Å². The Balaban J connectivity index is 1.49. The number of Topliss-reactive ketones (excluding diaryl/α,β-unsaturated/α-hetero) is 1. The van der Waals surface area contributed by atoms with E-state index in [1.54, 1.807) is 88.4 Å². The maximum atomic E-state index is 15.6. The first-order valence-electron chi connectivity index (χ1n) is 20.5. The Morgan fingerprint density at radius 3 is 2.13 bits per heavy atom. The van der Waals surface area contributed by atoms with E-state index in [0.717, 1.165) is 0 Å². The van der Waals surface area contributed by atoms with Crippen molar-refractivity contribution < 1.29 is 71.8 Å². The Morgan fingerprint density at radius 1 is 0.968 bits per heavy atom. The predicted octanol–water partition coefficient (Wildman–Crippen LogP) is 3.57. The Hall–Kier alpha value is -5.20. The number of benzene rings is 2. The summed E-state index contributed by atoms with van der Waals surface area (Å²) in [6, 6.07) is 14.9. The molecule has 2 aromatic carbocycles. The van der Waals surface area contributed by atoms with E-state index in [1.807, 2.05) is 0 Å². The third-order valence-electron chi connectivity index (χ3n) is 13.7. The van der Waals surface area contributed by atoms with E-state index in [9.17, 15) is 29.1 Å². The quantitative estimate of drug-likeness (QED) is 0.135. The lowest BCUT2D eigenvalue weighted by molar-refractivity contribution is -0.364. The van der Waals surface area contributed by atoms with E-state index in [4.69, 9.17) is 37.9 Å². The van der Waals surface area contributed by atoms with Crippen LogP contribution in [0.25, 0.3) is 0 Å². The lowest BCUT2D eigenvalue weighted by Crippen LogP contribution is -2.84. The summed E-state index contributed by atoms with van der Waals surface area (Å²) in [6.07, 6.45) is -10.3. The molecule has 2 unspecified atom stereocenters. The number of esters is 2. The number of rotatable bonds is 12. The number of aliphatic hydroxyl groups excluding tert-OH is 1. The van der Waals surface area contributed by atoms with Gasteiger partial charge in [0, 0.05) is 53.0 Å². The van der Waals surface area contributed by atoms with Crippen molar-refractivity contribution in [3.63, 3.8) is 0 Å². The fraction of sp³-hybridized carbons (Fsp3) is 0.556. The molecule has 13 atom stereocenters. The Labute approximate surface area is 359 Å². The number of ketones is 1. The summed E-state index contributed by atoms with van der Waals surface area (Å²) < 4.78 is 50.7. The molecule has 17 heteroatoms. The van der Waals surface area contributed by atoms with Crippen LogP contribution in [0.3, 0.4) is 0 Å². The van der Waals surface area contributed by atoms with Gasteiger partial charge in [-0.2, -0.15) is 0 Å². The van der Waals surface area contributed by atoms with Crippen molar-refractivity contribution in [2.75, 3.05) is 34.9 Å². The molecule has 0 radical (unpaired) electrons. The molecule has 2 N–H and O–H groups in total. The number of hydrogen-bond donors (Lipinski definition) is 2. The summed E-state index contributed by atoms with van der Waals surface area (Å²) in [7, 11) is 5.76. The zero-order chi connectivity index (χ0) is 45.1. The lowest BCUT2D eigenvalue weighted by atomic mass is 9.44. The van der Waals surface area contributed by atoms with Crippen molar-refractivity contribution in [1.29, 1.82) is 0 Å². The van der Waals surface area contributed by atoms with Crippen LogP contribution < -0.4 is 5.32 Å². The van der Waals surface area contributed by atoms with E-state index < -0.39 is 113 Å². The monoisotopic (exact) mass is 862 g/mol. The maximum absolute atomic E-state index is 15.6. The number of carbonyl (C=O) groups is 6. The fourth-order valence-electron chi connectivity index (χ4n) is 11.2. The molecule has 2 aromatic rings. The molecule has 1 spiro atoms. The van der Waals surface area contributed by atoms with Gasteiger partial charge >= 0.3 is 24.1 Å². The molecule has 2 bridgehead atoms. The highest BCUT2D eigenvalue weighted by Gasteiger charge is 2.84. The highest BCUT2D eigenvalue weighted by Crippen LogP contribution is 2.68. The second kappa shape index (κ2) is 16.5. The number of amides is 2. The molecule has 7 rings (SSSR count). The van der Waals surface area contributed by atoms with Gasteiger partial charge in [0.05, 0.1) is 24.7 Å². The Kier molecular flexibility index (Phi) is 11.9. The zero-order valence-corrected chi connectivity index (χ0v) is 36.1. The number of nitrogens with zero attached hydrogens (tertiary/aromatic N) is 1. The van der Waals surface area contributed by atoms with Gasteiger partial charge in [-0.05, 0) is 36.1 Å². The third-order valence-corrected chi connectivity index (χ3v) is 13.7. The molecule has 334 valence electrons. The van der Waals surface area contributed by atoms with Crippen LogP contribution in [0, 0.1) is 17.3 Å². The maximum Gasteiger partial charge on any atom is 0.509 e. The van der Waals surface area contributed by atoms with Gasteiger partial charge in [-0.1, -0.05) is 74.5 Å². The number of nitrogens with one attached hydrogen (secondary N) is 1. The van der Waals surface area contributed by atoms with Crippen molar-refractivity contribution in [3.8, 4) is 0 Å². The fourth-order valence-corrected chi connectivity index (χ4v) is 11.2. The molecular weight excluding hydrogens is 808 g/mol. The molecule has 2 saturated carbocycles. The van der Waals surface area contributed by atoms with E-state index >= 15 is 4.79 Å². The second-order valence-corrected chi connectivity index (χ2v) is 17.5. The number of carbonyl (C=O) groups excluding carboxylic acids is 6. The van der Waals surface area contributed by atoms with Crippen molar-refractivity contribution in [3.05, 3.63) is 82.9 Å². The van der Waals surface area contributed by atoms with Gasteiger partial charge in [-0.25, -0.2) is 14.4 Å². The van der Waals surface area contributed by atoms with Gasteiger partial charge in [0.25, 0.3) is 0 Å². The Morgan fingerprint density at radius 2 is 1.60 bits per heavy atom. The highest BCUT2D eigenvalue weighted by atomic mass is 16.8. The van der Waals surface area contributed by atoms with Crippen LogP contribution in [0.4, 0.5) is 9.59 Å². The molecule has 17 nitrogen and oxygen atoms in total.